The highest BCUT2D eigenvalue weighted by molar-refractivity contribution is 6.37. The van der Waals surface area contributed by atoms with Gasteiger partial charge in [0.05, 0.1) is 11.4 Å². The molecule has 0 unspecified atom stereocenters. The number of hydrazone groups is 1. The predicted octanol–water partition coefficient (Wildman–Crippen LogP) is 2.63. The first-order valence-electron chi connectivity index (χ1n) is 6.86. The van der Waals surface area contributed by atoms with Crippen LogP contribution in [0.4, 0.5) is 0 Å². The van der Waals surface area contributed by atoms with Crippen LogP contribution in [-0.4, -0.2) is 41.0 Å². The SMILES string of the molecule is CC(=O)/C(=N\N[C@@H]1C(Cl)=CC=C[C@H]1Cl)N1CCCCC1. The number of Topliss-reactive ketones (excluding diaryl/α,β-unsaturated/α-hetero) is 1. The Morgan fingerprint density at radius 2 is 2.10 bits per heavy atom. The summed E-state index contributed by atoms with van der Waals surface area (Å²) in [5.41, 5.74) is 2.94. The molecule has 110 valence electrons. The van der Waals surface area contributed by atoms with Gasteiger partial charge in [0.1, 0.15) is 0 Å². The number of nitrogens with one attached hydrogen (secondary N) is 1. The quantitative estimate of drug-likeness (QED) is 0.377. The number of carbonyl (C=O) groups is 1. The summed E-state index contributed by atoms with van der Waals surface area (Å²) in [5.74, 6) is 0.421. The molecule has 1 N–H and O–H groups in total. The number of ketones is 1. The van der Waals surface area contributed by atoms with E-state index < -0.39 is 0 Å². The van der Waals surface area contributed by atoms with Crippen molar-refractivity contribution in [3.05, 3.63) is 23.3 Å². The minimum absolute atomic E-state index is 0.0445. The summed E-state index contributed by atoms with van der Waals surface area (Å²) in [6.07, 6.45) is 8.84. The summed E-state index contributed by atoms with van der Waals surface area (Å²) < 4.78 is 0. The zero-order chi connectivity index (χ0) is 14.5. The molecule has 4 nitrogen and oxygen atoms in total. The van der Waals surface area contributed by atoms with E-state index in [0.717, 1.165) is 25.9 Å². The van der Waals surface area contributed by atoms with Gasteiger partial charge in [0, 0.05) is 25.0 Å². The highest BCUT2D eigenvalue weighted by Crippen LogP contribution is 2.21. The summed E-state index contributed by atoms with van der Waals surface area (Å²) in [4.78, 5) is 13.8. The molecule has 0 saturated carbocycles. The fourth-order valence-electron chi connectivity index (χ4n) is 2.36. The maximum absolute atomic E-state index is 11.8. The number of likely N-dealkylation sites (tertiary alicyclic amines) is 1. The monoisotopic (exact) mass is 315 g/mol. The molecule has 6 heteroatoms. The zero-order valence-electron chi connectivity index (χ0n) is 11.5. The molecule has 0 spiro atoms. The first-order valence-corrected chi connectivity index (χ1v) is 7.68. The number of amidine groups is 1. The predicted molar refractivity (Wildman–Crippen MR) is 83.2 cm³/mol. The van der Waals surface area contributed by atoms with Crippen LogP contribution in [0.5, 0.6) is 0 Å². The van der Waals surface area contributed by atoms with Crippen molar-refractivity contribution in [3.63, 3.8) is 0 Å². The van der Waals surface area contributed by atoms with Crippen LogP contribution in [0, 0.1) is 0 Å². The van der Waals surface area contributed by atoms with E-state index in [4.69, 9.17) is 23.2 Å². The Morgan fingerprint density at radius 1 is 1.40 bits per heavy atom. The van der Waals surface area contributed by atoms with Gasteiger partial charge in [-0.05, 0) is 25.3 Å². The van der Waals surface area contributed by atoms with Crippen LogP contribution in [0.2, 0.25) is 0 Å². The van der Waals surface area contributed by atoms with E-state index >= 15 is 0 Å². The number of halogens is 2. The first kappa shape index (κ1) is 15.4. The smallest absolute Gasteiger partial charge is 0.196 e. The van der Waals surface area contributed by atoms with E-state index in [1.54, 1.807) is 6.08 Å². The van der Waals surface area contributed by atoms with Crippen LogP contribution in [0.25, 0.3) is 0 Å². The lowest BCUT2D eigenvalue weighted by Gasteiger charge is -2.29. The lowest BCUT2D eigenvalue weighted by Crippen LogP contribution is -2.43. The molecule has 0 aromatic carbocycles. The van der Waals surface area contributed by atoms with Crippen molar-refractivity contribution < 1.29 is 4.79 Å². The maximum Gasteiger partial charge on any atom is 0.196 e. The van der Waals surface area contributed by atoms with Crippen LogP contribution < -0.4 is 5.43 Å². The maximum atomic E-state index is 11.8. The van der Waals surface area contributed by atoms with Crippen LogP contribution in [-0.2, 0) is 4.79 Å². The largest absolute Gasteiger partial charge is 0.352 e. The van der Waals surface area contributed by atoms with Crippen LogP contribution >= 0.6 is 23.2 Å². The van der Waals surface area contributed by atoms with E-state index in [9.17, 15) is 4.79 Å². The molecular formula is C14H19Cl2N3O. The first-order chi connectivity index (χ1) is 9.59. The van der Waals surface area contributed by atoms with Gasteiger partial charge in [-0.15, -0.1) is 11.6 Å². The van der Waals surface area contributed by atoms with Gasteiger partial charge in [-0.25, -0.2) is 0 Å². The standard InChI is InChI=1S/C14H19Cl2N3O/c1-10(20)14(19-8-3-2-4-9-19)18-17-13-11(15)6-5-7-12(13)16/h5-7,11,13,17H,2-4,8-9H2,1H3/b18-14+/t11-,13+/m1/s1. The summed E-state index contributed by atoms with van der Waals surface area (Å²) in [5, 5.41) is 4.59. The second kappa shape index (κ2) is 7.14. The number of nitrogens with zero attached hydrogens (tertiary/aromatic N) is 2. The molecule has 1 heterocycles. The molecule has 20 heavy (non-hydrogen) atoms. The third kappa shape index (κ3) is 3.76. The molecule has 2 aliphatic rings. The lowest BCUT2D eigenvalue weighted by molar-refractivity contribution is -0.111. The minimum Gasteiger partial charge on any atom is -0.352 e. The van der Waals surface area contributed by atoms with E-state index in [2.05, 4.69) is 10.5 Å². The molecule has 0 bridgehead atoms. The molecule has 2 atom stereocenters. The molecule has 0 aromatic heterocycles. The van der Waals surface area contributed by atoms with Crippen LogP contribution in [0.15, 0.2) is 28.4 Å². The number of alkyl halides is 1. The van der Waals surface area contributed by atoms with Gasteiger partial charge in [-0.1, -0.05) is 23.8 Å². The van der Waals surface area contributed by atoms with Crippen molar-refractivity contribution in [1.82, 2.24) is 10.3 Å². The summed E-state index contributed by atoms with van der Waals surface area (Å²) >= 11 is 12.3. The van der Waals surface area contributed by atoms with E-state index in [0.29, 0.717) is 10.9 Å². The Balaban J connectivity index is 2.07. The fourth-order valence-corrected chi connectivity index (χ4v) is 2.96. The molecule has 0 aromatic rings. The van der Waals surface area contributed by atoms with Crippen molar-refractivity contribution in [2.24, 2.45) is 5.10 Å². The van der Waals surface area contributed by atoms with Crippen molar-refractivity contribution in [1.29, 1.82) is 0 Å². The van der Waals surface area contributed by atoms with Gasteiger partial charge in [0.25, 0.3) is 0 Å². The van der Waals surface area contributed by atoms with Crippen molar-refractivity contribution >= 4 is 34.8 Å². The normalized spacial score (nSPS) is 27.2. The molecule has 0 amide bonds. The van der Waals surface area contributed by atoms with E-state index in [1.807, 2.05) is 17.1 Å². The topological polar surface area (TPSA) is 44.7 Å². The molecule has 1 fully saturated rings. The minimum atomic E-state index is -0.289. The van der Waals surface area contributed by atoms with Crippen LogP contribution in [0.1, 0.15) is 26.2 Å². The number of allylic oxidation sites excluding steroid dienone is 2. The Morgan fingerprint density at radius 3 is 2.70 bits per heavy atom. The fraction of sp³-hybridized carbons (Fsp3) is 0.571. The number of hydrogen-bond acceptors (Lipinski definition) is 3. The third-order valence-electron chi connectivity index (χ3n) is 3.45. The second-order valence-corrected chi connectivity index (χ2v) is 5.97. The van der Waals surface area contributed by atoms with Gasteiger partial charge in [0.2, 0.25) is 0 Å². The molecule has 0 radical (unpaired) electrons. The van der Waals surface area contributed by atoms with Crippen LogP contribution in [0.3, 0.4) is 0 Å². The van der Waals surface area contributed by atoms with Gasteiger partial charge in [-0.2, -0.15) is 5.10 Å². The number of rotatable bonds is 3. The Labute approximate surface area is 129 Å². The molecule has 1 saturated heterocycles. The Bertz CT molecular complexity index is 453. The number of hydrogen-bond donors (Lipinski definition) is 1. The van der Waals surface area contributed by atoms with Crippen molar-refractivity contribution in [2.45, 2.75) is 37.6 Å². The van der Waals surface area contributed by atoms with E-state index in [-0.39, 0.29) is 17.2 Å². The molecule has 1 aliphatic carbocycles. The van der Waals surface area contributed by atoms with E-state index in [1.165, 1.54) is 13.3 Å². The van der Waals surface area contributed by atoms with Gasteiger partial charge in [0.15, 0.2) is 11.6 Å². The summed E-state index contributed by atoms with van der Waals surface area (Å²) in [6.45, 7) is 3.28. The molecular weight excluding hydrogens is 297 g/mol. The average Bonchev–Trinajstić information content (AvgIpc) is 2.43. The summed E-state index contributed by atoms with van der Waals surface area (Å²) in [6, 6.07) is -0.289. The lowest BCUT2D eigenvalue weighted by atomic mass is 10.1. The average molecular weight is 316 g/mol. The van der Waals surface area contributed by atoms with Gasteiger partial charge < -0.3 is 4.90 Å². The number of carbonyl (C=O) groups excluding carboxylic acids is 1. The van der Waals surface area contributed by atoms with Gasteiger partial charge in [-0.3, -0.25) is 10.2 Å². The third-order valence-corrected chi connectivity index (χ3v) is 4.20. The van der Waals surface area contributed by atoms with Crippen molar-refractivity contribution in [3.8, 4) is 0 Å². The number of piperidine rings is 1. The highest BCUT2D eigenvalue weighted by atomic mass is 35.5. The van der Waals surface area contributed by atoms with Crippen molar-refractivity contribution in [2.75, 3.05) is 13.1 Å². The second-order valence-electron chi connectivity index (χ2n) is 5.03. The summed E-state index contributed by atoms with van der Waals surface area (Å²) in [7, 11) is 0. The Kier molecular flexibility index (Phi) is 5.49. The Hall–Kier alpha value is -1.00. The molecule has 2 rings (SSSR count). The van der Waals surface area contributed by atoms with Gasteiger partial charge >= 0.3 is 0 Å². The molecule has 1 aliphatic heterocycles. The zero-order valence-corrected chi connectivity index (χ0v) is 13.0. The highest BCUT2D eigenvalue weighted by Gasteiger charge is 2.24.